The van der Waals surface area contributed by atoms with E-state index in [9.17, 15) is 0 Å². The van der Waals surface area contributed by atoms with Gasteiger partial charge >= 0.3 is 0 Å². The molecule has 2 aromatic rings. The summed E-state index contributed by atoms with van der Waals surface area (Å²) in [6.45, 7) is 4.05. The number of hydrogen-bond acceptors (Lipinski definition) is 5. The quantitative estimate of drug-likeness (QED) is 0.891. The molecular formula is C15H16N4O. The van der Waals surface area contributed by atoms with Gasteiger partial charge in [-0.05, 0) is 35.7 Å². The van der Waals surface area contributed by atoms with Crippen LogP contribution in [0.3, 0.4) is 0 Å². The smallest absolute Gasteiger partial charge is 0.221 e. The van der Waals surface area contributed by atoms with Crippen molar-refractivity contribution in [3.63, 3.8) is 0 Å². The number of ether oxygens (including phenoxy) is 1. The molecule has 0 aliphatic heterocycles. The normalized spacial score (nSPS) is 10.3. The topological polar surface area (TPSA) is 97.9 Å². The van der Waals surface area contributed by atoms with E-state index in [4.69, 9.17) is 21.5 Å². The van der Waals surface area contributed by atoms with Crippen molar-refractivity contribution in [3.05, 3.63) is 41.5 Å². The van der Waals surface area contributed by atoms with Gasteiger partial charge in [-0.2, -0.15) is 10.2 Å². The SMILES string of the molecule is CC(C)c1cc(Oc2ccc(N)c(N)n2)ccc1C#N. The molecule has 0 fully saturated rings. The van der Waals surface area contributed by atoms with Gasteiger partial charge in [0.2, 0.25) is 5.88 Å². The average Bonchev–Trinajstić information content (AvgIpc) is 2.43. The fraction of sp³-hybridized carbons (Fsp3) is 0.200. The fourth-order valence-corrected chi connectivity index (χ4v) is 1.83. The first-order valence-electron chi connectivity index (χ1n) is 6.25. The molecule has 102 valence electrons. The highest BCUT2D eigenvalue weighted by atomic mass is 16.5. The molecule has 5 nitrogen and oxygen atoms in total. The van der Waals surface area contributed by atoms with E-state index in [1.807, 2.05) is 19.9 Å². The van der Waals surface area contributed by atoms with Crippen LogP contribution in [0.4, 0.5) is 11.5 Å². The molecular weight excluding hydrogens is 252 g/mol. The second kappa shape index (κ2) is 5.49. The minimum absolute atomic E-state index is 0.234. The van der Waals surface area contributed by atoms with Crippen molar-refractivity contribution < 1.29 is 4.74 Å². The van der Waals surface area contributed by atoms with Crippen LogP contribution in [0.15, 0.2) is 30.3 Å². The van der Waals surface area contributed by atoms with Crippen LogP contribution < -0.4 is 16.2 Å². The summed E-state index contributed by atoms with van der Waals surface area (Å²) in [7, 11) is 0. The van der Waals surface area contributed by atoms with Crippen molar-refractivity contribution in [1.29, 1.82) is 5.26 Å². The third-order valence-corrected chi connectivity index (χ3v) is 2.92. The van der Waals surface area contributed by atoms with Crippen LogP contribution in [0.2, 0.25) is 0 Å². The zero-order valence-corrected chi connectivity index (χ0v) is 11.4. The average molecular weight is 268 g/mol. The summed E-state index contributed by atoms with van der Waals surface area (Å²) in [6, 6.07) is 10.8. The molecule has 1 heterocycles. The van der Waals surface area contributed by atoms with Crippen molar-refractivity contribution in [2.75, 3.05) is 11.5 Å². The molecule has 2 rings (SSSR count). The lowest BCUT2D eigenvalue weighted by Crippen LogP contribution is -1.99. The van der Waals surface area contributed by atoms with Crippen molar-refractivity contribution in [2.45, 2.75) is 19.8 Å². The molecule has 5 heteroatoms. The molecule has 0 saturated heterocycles. The molecule has 0 aliphatic carbocycles. The second-order valence-electron chi connectivity index (χ2n) is 4.74. The van der Waals surface area contributed by atoms with Crippen LogP contribution in [0.25, 0.3) is 0 Å². The van der Waals surface area contributed by atoms with Gasteiger partial charge in [-0.1, -0.05) is 13.8 Å². The van der Waals surface area contributed by atoms with Crippen LogP contribution in [0.1, 0.15) is 30.9 Å². The number of nitriles is 1. The zero-order chi connectivity index (χ0) is 14.7. The predicted octanol–water partition coefficient (Wildman–Crippen LogP) is 3.03. The van der Waals surface area contributed by atoms with Crippen LogP contribution in [0, 0.1) is 11.3 Å². The molecule has 0 spiro atoms. The van der Waals surface area contributed by atoms with E-state index in [1.54, 1.807) is 24.3 Å². The Morgan fingerprint density at radius 1 is 1.20 bits per heavy atom. The van der Waals surface area contributed by atoms with Gasteiger partial charge in [-0.15, -0.1) is 0 Å². The molecule has 1 aromatic carbocycles. The summed E-state index contributed by atoms with van der Waals surface area (Å²) in [5.41, 5.74) is 13.2. The minimum Gasteiger partial charge on any atom is -0.439 e. The third kappa shape index (κ3) is 2.81. The van der Waals surface area contributed by atoms with Gasteiger partial charge in [0.1, 0.15) is 5.75 Å². The standard InChI is InChI=1S/C15H16N4O/c1-9(2)12-7-11(4-3-10(12)8-16)20-14-6-5-13(17)15(18)19-14/h3-7,9H,17H2,1-2H3,(H2,18,19). The lowest BCUT2D eigenvalue weighted by Gasteiger charge is -2.11. The van der Waals surface area contributed by atoms with E-state index in [-0.39, 0.29) is 11.7 Å². The number of pyridine rings is 1. The number of nitrogens with two attached hydrogens (primary N) is 2. The number of hydrogen-bond donors (Lipinski definition) is 2. The van der Waals surface area contributed by atoms with Crippen molar-refractivity contribution in [3.8, 4) is 17.7 Å². The van der Waals surface area contributed by atoms with Gasteiger partial charge in [0.15, 0.2) is 5.82 Å². The summed E-state index contributed by atoms with van der Waals surface area (Å²) in [5, 5.41) is 9.08. The van der Waals surface area contributed by atoms with Crippen LogP contribution in [-0.2, 0) is 0 Å². The van der Waals surface area contributed by atoms with Gasteiger partial charge in [0.25, 0.3) is 0 Å². The second-order valence-corrected chi connectivity index (χ2v) is 4.74. The van der Waals surface area contributed by atoms with Gasteiger partial charge in [-0.3, -0.25) is 0 Å². The Morgan fingerprint density at radius 2 is 1.95 bits per heavy atom. The van der Waals surface area contributed by atoms with Crippen molar-refractivity contribution in [2.24, 2.45) is 0 Å². The third-order valence-electron chi connectivity index (χ3n) is 2.92. The molecule has 4 N–H and O–H groups in total. The van der Waals surface area contributed by atoms with Crippen molar-refractivity contribution in [1.82, 2.24) is 4.98 Å². The Bertz CT molecular complexity index is 674. The first kappa shape index (κ1) is 13.7. The molecule has 0 radical (unpaired) electrons. The number of nitrogens with zero attached hydrogens (tertiary/aromatic N) is 2. The lowest BCUT2D eigenvalue weighted by molar-refractivity contribution is 0.463. The summed E-state index contributed by atoms with van der Waals surface area (Å²) in [5.74, 6) is 1.46. The Morgan fingerprint density at radius 3 is 2.55 bits per heavy atom. The van der Waals surface area contributed by atoms with E-state index < -0.39 is 0 Å². The monoisotopic (exact) mass is 268 g/mol. The number of nitrogen functional groups attached to an aromatic ring is 2. The molecule has 0 saturated carbocycles. The number of rotatable bonds is 3. The first-order chi connectivity index (χ1) is 9.51. The van der Waals surface area contributed by atoms with E-state index >= 15 is 0 Å². The fourth-order valence-electron chi connectivity index (χ4n) is 1.83. The number of benzene rings is 1. The highest BCUT2D eigenvalue weighted by molar-refractivity contribution is 5.59. The van der Waals surface area contributed by atoms with Crippen LogP contribution in [-0.4, -0.2) is 4.98 Å². The summed E-state index contributed by atoms with van der Waals surface area (Å²) < 4.78 is 5.65. The van der Waals surface area contributed by atoms with E-state index in [1.165, 1.54) is 0 Å². The van der Waals surface area contributed by atoms with E-state index in [0.717, 1.165) is 5.56 Å². The van der Waals surface area contributed by atoms with Gasteiger partial charge in [-0.25, -0.2) is 0 Å². The van der Waals surface area contributed by atoms with Gasteiger partial charge in [0, 0.05) is 6.07 Å². The predicted molar refractivity (Wildman–Crippen MR) is 78.4 cm³/mol. The summed E-state index contributed by atoms with van der Waals surface area (Å²) in [4.78, 5) is 4.05. The molecule has 0 unspecified atom stereocenters. The first-order valence-corrected chi connectivity index (χ1v) is 6.25. The molecule has 20 heavy (non-hydrogen) atoms. The molecule has 0 bridgehead atoms. The molecule has 1 aromatic heterocycles. The Kier molecular flexibility index (Phi) is 3.76. The Balaban J connectivity index is 2.32. The maximum Gasteiger partial charge on any atom is 0.221 e. The largest absolute Gasteiger partial charge is 0.439 e. The molecule has 0 atom stereocenters. The van der Waals surface area contributed by atoms with E-state index in [2.05, 4.69) is 11.1 Å². The van der Waals surface area contributed by atoms with Crippen molar-refractivity contribution >= 4 is 11.5 Å². The molecule has 0 aliphatic rings. The maximum absolute atomic E-state index is 9.08. The number of anilines is 2. The van der Waals surface area contributed by atoms with E-state index in [0.29, 0.717) is 22.9 Å². The summed E-state index contributed by atoms with van der Waals surface area (Å²) >= 11 is 0. The number of aromatic nitrogens is 1. The van der Waals surface area contributed by atoms with Crippen LogP contribution in [0.5, 0.6) is 11.6 Å². The highest BCUT2D eigenvalue weighted by Gasteiger charge is 2.09. The van der Waals surface area contributed by atoms with Crippen LogP contribution >= 0.6 is 0 Å². The Hall–Kier alpha value is -2.74. The van der Waals surface area contributed by atoms with Gasteiger partial charge in [0.05, 0.1) is 17.3 Å². The lowest BCUT2D eigenvalue weighted by atomic mass is 9.98. The molecule has 0 amide bonds. The zero-order valence-electron chi connectivity index (χ0n) is 11.4. The summed E-state index contributed by atoms with van der Waals surface area (Å²) in [6.07, 6.45) is 0. The minimum atomic E-state index is 0.234. The van der Waals surface area contributed by atoms with Gasteiger partial charge < -0.3 is 16.2 Å². The maximum atomic E-state index is 9.08. The highest BCUT2D eigenvalue weighted by Crippen LogP contribution is 2.28. The Labute approximate surface area is 117 Å².